The van der Waals surface area contributed by atoms with Gasteiger partial charge in [-0.05, 0) is 56.0 Å². The Morgan fingerprint density at radius 2 is 1.81 bits per heavy atom. The third-order valence-corrected chi connectivity index (χ3v) is 4.54. The van der Waals surface area contributed by atoms with Gasteiger partial charge in [0.15, 0.2) is 0 Å². The lowest BCUT2D eigenvalue weighted by atomic mass is 9.90. The molecule has 1 aliphatic heterocycles. The topological polar surface area (TPSA) is 68.5 Å². The van der Waals surface area contributed by atoms with Gasteiger partial charge in [0, 0.05) is 37.1 Å². The van der Waals surface area contributed by atoms with Gasteiger partial charge in [0.05, 0.1) is 0 Å². The van der Waals surface area contributed by atoms with E-state index in [0.717, 1.165) is 25.9 Å². The molecule has 0 radical (unpaired) electrons. The summed E-state index contributed by atoms with van der Waals surface area (Å²) >= 11 is 0. The normalized spacial score (nSPS) is 15.4. The number of carbonyl (C=O) groups excluding carboxylic acids is 1. The first-order chi connectivity index (χ1) is 11.6. The van der Waals surface area contributed by atoms with E-state index in [4.69, 9.17) is 10.5 Å². The maximum absolute atomic E-state index is 12.7. The first kappa shape index (κ1) is 22.2. The molecule has 2 aromatic rings. The number of hydrogen-bond donors (Lipinski definition) is 1. The van der Waals surface area contributed by atoms with Crippen molar-refractivity contribution < 1.29 is 9.53 Å². The van der Waals surface area contributed by atoms with Crippen LogP contribution in [0.4, 0.5) is 0 Å². The van der Waals surface area contributed by atoms with Crippen LogP contribution in [0.2, 0.25) is 0 Å². The fourth-order valence-corrected chi connectivity index (χ4v) is 3.05. The summed E-state index contributed by atoms with van der Waals surface area (Å²) in [7, 11) is 0. The SMILES string of the molecule is CC(N)C1CCN(C(=O)c2cccc(Oc3ccncc3)c2)CC1.Cl.Cl. The molecular formula is C19H25Cl2N3O2. The Kier molecular flexibility index (Phi) is 8.85. The van der Waals surface area contributed by atoms with Crippen LogP contribution in [-0.4, -0.2) is 34.9 Å². The van der Waals surface area contributed by atoms with E-state index in [-0.39, 0.29) is 36.8 Å². The molecule has 1 aliphatic rings. The van der Waals surface area contributed by atoms with Crippen LogP contribution in [0, 0.1) is 5.92 Å². The second kappa shape index (κ2) is 10.4. The van der Waals surface area contributed by atoms with Gasteiger partial charge < -0.3 is 15.4 Å². The third-order valence-electron chi connectivity index (χ3n) is 4.54. The zero-order valence-electron chi connectivity index (χ0n) is 14.7. The third kappa shape index (κ3) is 5.59. The number of halogens is 2. The van der Waals surface area contributed by atoms with Gasteiger partial charge in [0.1, 0.15) is 11.5 Å². The van der Waals surface area contributed by atoms with Gasteiger partial charge in [-0.3, -0.25) is 9.78 Å². The Bertz CT molecular complexity index is 690. The van der Waals surface area contributed by atoms with Crippen molar-refractivity contribution in [1.82, 2.24) is 9.88 Å². The van der Waals surface area contributed by atoms with E-state index >= 15 is 0 Å². The monoisotopic (exact) mass is 397 g/mol. The Labute approximate surface area is 166 Å². The molecule has 2 heterocycles. The number of rotatable bonds is 4. The highest BCUT2D eigenvalue weighted by atomic mass is 35.5. The lowest BCUT2D eigenvalue weighted by Gasteiger charge is -2.33. The fraction of sp³-hybridized carbons (Fsp3) is 0.368. The van der Waals surface area contributed by atoms with Crippen molar-refractivity contribution in [2.24, 2.45) is 11.7 Å². The van der Waals surface area contributed by atoms with Crippen molar-refractivity contribution in [2.75, 3.05) is 13.1 Å². The molecule has 0 aliphatic carbocycles. The molecule has 26 heavy (non-hydrogen) atoms. The number of amides is 1. The molecule has 2 N–H and O–H groups in total. The van der Waals surface area contributed by atoms with E-state index in [2.05, 4.69) is 4.98 Å². The van der Waals surface area contributed by atoms with E-state index < -0.39 is 0 Å². The van der Waals surface area contributed by atoms with Gasteiger partial charge in [-0.25, -0.2) is 0 Å². The predicted octanol–water partition coefficient (Wildman–Crippen LogP) is 3.92. The molecular weight excluding hydrogens is 373 g/mol. The molecule has 1 fully saturated rings. The van der Waals surface area contributed by atoms with Crippen LogP contribution >= 0.6 is 24.8 Å². The van der Waals surface area contributed by atoms with E-state index in [9.17, 15) is 4.79 Å². The fourth-order valence-electron chi connectivity index (χ4n) is 3.05. The summed E-state index contributed by atoms with van der Waals surface area (Å²) in [5.41, 5.74) is 6.62. The molecule has 1 unspecified atom stereocenters. The number of nitrogens with zero attached hydrogens (tertiary/aromatic N) is 2. The van der Waals surface area contributed by atoms with Crippen molar-refractivity contribution >= 4 is 30.7 Å². The van der Waals surface area contributed by atoms with Crippen LogP contribution in [-0.2, 0) is 0 Å². The van der Waals surface area contributed by atoms with Crippen molar-refractivity contribution in [1.29, 1.82) is 0 Å². The number of hydrogen-bond acceptors (Lipinski definition) is 4. The van der Waals surface area contributed by atoms with Gasteiger partial charge in [0.25, 0.3) is 5.91 Å². The van der Waals surface area contributed by atoms with Crippen LogP contribution in [0.15, 0.2) is 48.8 Å². The smallest absolute Gasteiger partial charge is 0.253 e. The molecule has 142 valence electrons. The quantitative estimate of drug-likeness (QED) is 0.848. The van der Waals surface area contributed by atoms with Crippen LogP contribution < -0.4 is 10.5 Å². The van der Waals surface area contributed by atoms with E-state index in [1.165, 1.54) is 0 Å². The summed E-state index contributed by atoms with van der Waals surface area (Å²) in [6.45, 7) is 3.57. The zero-order chi connectivity index (χ0) is 16.9. The molecule has 7 heteroatoms. The van der Waals surface area contributed by atoms with Crippen molar-refractivity contribution in [3.8, 4) is 11.5 Å². The van der Waals surface area contributed by atoms with Crippen LogP contribution in [0.3, 0.4) is 0 Å². The molecule has 0 spiro atoms. The van der Waals surface area contributed by atoms with Crippen LogP contribution in [0.25, 0.3) is 0 Å². The second-order valence-electron chi connectivity index (χ2n) is 6.30. The molecule has 1 atom stereocenters. The average Bonchev–Trinajstić information content (AvgIpc) is 2.62. The van der Waals surface area contributed by atoms with Crippen molar-refractivity contribution in [3.05, 3.63) is 54.4 Å². The highest BCUT2D eigenvalue weighted by Crippen LogP contribution is 2.24. The maximum atomic E-state index is 12.7. The molecule has 1 aromatic heterocycles. The second-order valence-corrected chi connectivity index (χ2v) is 6.30. The Hall–Kier alpha value is -1.82. The number of ether oxygens (including phenoxy) is 1. The van der Waals surface area contributed by atoms with Crippen LogP contribution in [0.1, 0.15) is 30.1 Å². The molecule has 1 aromatic carbocycles. The lowest BCUT2D eigenvalue weighted by molar-refractivity contribution is 0.0680. The van der Waals surface area contributed by atoms with Gasteiger partial charge in [-0.15, -0.1) is 24.8 Å². The molecule has 1 saturated heterocycles. The highest BCUT2D eigenvalue weighted by Gasteiger charge is 2.25. The van der Waals surface area contributed by atoms with Gasteiger partial charge in [0.2, 0.25) is 0 Å². The Morgan fingerprint density at radius 3 is 2.42 bits per heavy atom. The van der Waals surface area contributed by atoms with Gasteiger partial charge in [-0.1, -0.05) is 6.07 Å². The van der Waals surface area contributed by atoms with Crippen LogP contribution in [0.5, 0.6) is 11.5 Å². The molecule has 1 amide bonds. The molecule has 5 nitrogen and oxygen atoms in total. The van der Waals surface area contributed by atoms with Gasteiger partial charge in [-0.2, -0.15) is 0 Å². The number of likely N-dealkylation sites (tertiary alicyclic amines) is 1. The minimum Gasteiger partial charge on any atom is -0.457 e. The maximum Gasteiger partial charge on any atom is 0.253 e. The number of benzene rings is 1. The average molecular weight is 398 g/mol. The largest absolute Gasteiger partial charge is 0.457 e. The summed E-state index contributed by atoms with van der Waals surface area (Å²) in [6, 6.07) is 11.1. The van der Waals surface area contributed by atoms with Gasteiger partial charge >= 0.3 is 0 Å². The number of nitrogens with two attached hydrogens (primary N) is 1. The van der Waals surface area contributed by atoms with Crippen molar-refractivity contribution in [2.45, 2.75) is 25.8 Å². The predicted molar refractivity (Wildman–Crippen MR) is 108 cm³/mol. The first-order valence-electron chi connectivity index (χ1n) is 8.36. The minimum absolute atomic E-state index is 0. The lowest BCUT2D eigenvalue weighted by Crippen LogP contribution is -2.42. The number of aromatic nitrogens is 1. The first-order valence-corrected chi connectivity index (χ1v) is 8.36. The minimum atomic E-state index is 0. The summed E-state index contributed by atoms with van der Waals surface area (Å²) in [6.07, 6.45) is 5.28. The standard InChI is InChI=1S/C19H23N3O2.2ClH/c1-14(20)15-7-11-22(12-8-15)19(23)16-3-2-4-18(13-16)24-17-5-9-21-10-6-17;;/h2-6,9-10,13-15H,7-8,11-12,20H2,1H3;2*1H. The Morgan fingerprint density at radius 1 is 1.15 bits per heavy atom. The summed E-state index contributed by atoms with van der Waals surface area (Å²) in [5.74, 6) is 1.92. The van der Waals surface area contributed by atoms with E-state index in [1.54, 1.807) is 30.6 Å². The highest BCUT2D eigenvalue weighted by molar-refractivity contribution is 5.94. The molecule has 3 rings (SSSR count). The molecule has 0 bridgehead atoms. The Balaban J connectivity index is 0.00000169. The number of pyridine rings is 1. The van der Waals surface area contributed by atoms with E-state index in [1.807, 2.05) is 30.0 Å². The summed E-state index contributed by atoms with van der Waals surface area (Å²) in [5, 5.41) is 0. The van der Waals surface area contributed by atoms with E-state index in [0.29, 0.717) is 23.0 Å². The number of piperidine rings is 1. The molecule has 0 saturated carbocycles. The number of carbonyl (C=O) groups is 1. The summed E-state index contributed by atoms with van der Waals surface area (Å²) in [4.78, 5) is 18.6. The zero-order valence-corrected chi connectivity index (χ0v) is 16.3. The summed E-state index contributed by atoms with van der Waals surface area (Å²) < 4.78 is 5.78. The van der Waals surface area contributed by atoms with Crippen molar-refractivity contribution in [3.63, 3.8) is 0 Å².